The van der Waals surface area contributed by atoms with Gasteiger partial charge in [0, 0.05) is 60.8 Å². The number of pyridine rings is 1. The molecule has 1 atom stereocenters. The summed E-state index contributed by atoms with van der Waals surface area (Å²) in [5.74, 6) is -2.65. The maximum Gasteiger partial charge on any atom is 0.293 e. The average Bonchev–Trinajstić information content (AvgIpc) is 3.60. The largest absolute Gasteiger partial charge is 0.478 e. The molecule has 1 aliphatic carbocycles. The fourth-order valence-corrected chi connectivity index (χ4v) is 10.1. The lowest BCUT2D eigenvalue weighted by Crippen LogP contribution is -2.52. The number of hydrogen-bond donors (Lipinski definition) is 3. The molecule has 4 fully saturated rings. The summed E-state index contributed by atoms with van der Waals surface area (Å²) in [6, 6.07) is 7.62. The Morgan fingerprint density at radius 3 is 2.45 bits per heavy atom. The third-order valence-electron chi connectivity index (χ3n) is 13.5. The maximum absolute atomic E-state index is 16.0. The van der Waals surface area contributed by atoms with Gasteiger partial charge in [-0.3, -0.25) is 29.3 Å². The van der Waals surface area contributed by atoms with Crippen LogP contribution in [0.25, 0.3) is 10.9 Å². The second kappa shape index (κ2) is 18.3. The van der Waals surface area contributed by atoms with Crippen molar-refractivity contribution in [3.63, 3.8) is 0 Å². The molecule has 3 N–H and O–H groups in total. The molecule has 0 unspecified atom stereocenters. The second-order valence-corrected chi connectivity index (χ2v) is 18.3. The predicted molar refractivity (Wildman–Crippen MR) is 238 cm³/mol. The van der Waals surface area contributed by atoms with Crippen LogP contribution in [0.4, 0.5) is 26.2 Å². The van der Waals surface area contributed by atoms with Gasteiger partial charge >= 0.3 is 0 Å². The van der Waals surface area contributed by atoms with E-state index in [1.165, 1.54) is 11.9 Å². The number of aromatic nitrogens is 3. The first kappa shape index (κ1) is 44.5. The van der Waals surface area contributed by atoms with Crippen molar-refractivity contribution in [1.29, 1.82) is 0 Å². The fraction of sp³-hybridized carbons (Fsp3) is 0.500. The zero-order valence-electron chi connectivity index (χ0n) is 36.5. The summed E-state index contributed by atoms with van der Waals surface area (Å²) < 4.78 is 45.3. The number of rotatable bonds is 12. The smallest absolute Gasteiger partial charge is 0.293 e. The van der Waals surface area contributed by atoms with Gasteiger partial charge in [0.25, 0.3) is 17.4 Å². The molecule has 4 aromatic rings. The van der Waals surface area contributed by atoms with Crippen LogP contribution in [-0.4, -0.2) is 112 Å². The van der Waals surface area contributed by atoms with Crippen molar-refractivity contribution in [3.8, 4) is 5.75 Å². The summed E-state index contributed by atoms with van der Waals surface area (Å²) in [4.78, 5) is 77.4. The number of fused-ring (bicyclic) bond motifs is 2. The van der Waals surface area contributed by atoms with Gasteiger partial charge in [0.05, 0.1) is 36.0 Å². The molecule has 0 radical (unpaired) electrons. The summed E-state index contributed by atoms with van der Waals surface area (Å²) in [5, 5.41) is 9.12. The molecule has 19 heteroatoms. The van der Waals surface area contributed by atoms with E-state index < -0.39 is 35.4 Å². The molecule has 1 saturated carbocycles. The number of imide groups is 1. The van der Waals surface area contributed by atoms with Crippen molar-refractivity contribution in [1.82, 2.24) is 35.0 Å². The minimum Gasteiger partial charge on any atom is -0.478 e. The molecule has 2 aromatic heterocycles. The van der Waals surface area contributed by atoms with E-state index in [2.05, 4.69) is 30.7 Å². The summed E-state index contributed by atoms with van der Waals surface area (Å²) in [5.41, 5.74) is 1.16. The molecular formula is C46H52ClF2N9O7. The summed E-state index contributed by atoms with van der Waals surface area (Å²) >= 11 is 6.58. The van der Waals surface area contributed by atoms with Crippen LogP contribution >= 0.6 is 11.6 Å². The molecule has 4 aliphatic heterocycles. The van der Waals surface area contributed by atoms with Gasteiger partial charge in [-0.25, -0.2) is 13.8 Å². The first-order valence-corrected chi connectivity index (χ1v) is 22.8. The van der Waals surface area contributed by atoms with Crippen LogP contribution in [-0.2, 0) is 25.7 Å². The highest BCUT2D eigenvalue weighted by molar-refractivity contribution is 6.33. The third-order valence-corrected chi connectivity index (χ3v) is 13.8. The highest BCUT2D eigenvalue weighted by Crippen LogP contribution is 2.41. The number of ether oxygens (including phenoxy) is 2. The monoisotopic (exact) mass is 915 g/mol. The lowest BCUT2D eigenvalue weighted by atomic mass is 9.82. The third kappa shape index (κ3) is 8.87. The van der Waals surface area contributed by atoms with Crippen LogP contribution in [0.2, 0.25) is 5.02 Å². The SMILES string of the molecule is CNC(=O)COc1cc2cc(Nc3nc(N4CCC(OC5CC(N6CCC(c7c(F)cc8c(c7F)CN([C@@H]7CCC(=O)NC7=O)C8=O)CC6)C5)CC4)ncc3Cl)ccc2n(C(C)C)c1=O. The van der Waals surface area contributed by atoms with Crippen molar-refractivity contribution in [2.24, 2.45) is 0 Å². The summed E-state index contributed by atoms with van der Waals surface area (Å²) in [6.45, 7) is 6.22. The van der Waals surface area contributed by atoms with Crippen molar-refractivity contribution in [3.05, 3.63) is 80.2 Å². The van der Waals surface area contributed by atoms with Gasteiger partial charge in [-0.2, -0.15) is 4.98 Å². The standard InChI is InChI=1S/C46H52ClF2N9O7/c1-24(2)58-35-5-4-27(16-26(35)17-37(45(58)63)64-23-39(60)50-3)52-42-33(47)21-51-46(54-42)56-14-10-29(11-15-56)65-30-18-28(19-30)55-12-8-25(9-13-55)40-34(48)20-31-32(41(40)49)22-57(44(31)62)36-6-7-38(59)53-43(36)61/h4-5,16-17,20-21,24-25,28-30,36H,6-15,18-19,22-23H2,1-3H3,(H,50,60)(H,51,52,54)(H,53,59,61)/t28?,30?,36-/m1/s1. The Morgan fingerprint density at radius 2 is 1.74 bits per heavy atom. The molecule has 0 spiro atoms. The molecule has 9 rings (SSSR count). The molecule has 3 saturated heterocycles. The Bertz CT molecular complexity index is 2610. The summed E-state index contributed by atoms with van der Waals surface area (Å²) in [7, 11) is 1.50. The van der Waals surface area contributed by atoms with E-state index in [9.17, 15) is 24.0 Å². The van der Waals surface area contributed by atoms with Gasteiger partial charge in [0.1, 0.15) is 22.7 Å². The quantitative estimate of drug-likeness (QED) is 0.156. The van der Waals surface area contributed by atoms with E-state index in [-0.39, 0.29) is 84.1 Å². The highest BCUT2D eigenvalue weighted by Gasteiger charge is 2.43. The van der Waals surface area contributed by atoms with E-state index in [0.29, 0.717) is 73.1 Å². The van der Waals surface area contributed by atoms with Crippen LogP contribution < -0.4 is 31.1 Å². The van der Waals surface area contributed by atoms with Crippen molar-refractivity contribution in [2.45, 2.75) is 108 Å². The first-order chi connectivity index (χ1) is 31.3. The van der Waals surface area contributed by atoms with E-state index in [1.54, 1.807) is 16.8 Å². The molecular weight excluding hydrogens is 864 g/mol. The van der Waals surface area contributed by atoms with E-state index in [1.807, 2.05) is 32.0 Å². The number of amides is 4. The van der Waals surface area contributed by atoms with Crippen molar-refractivity contribution < 1.29 is 37.4 Å². The fourth-order valence-electron chi connectivity index (χ4n) is 9.95. The van der Waals surface area contributed by atoms with E-state index in [4.69, 9.17) is 26.1 Å². The number of halogens is 3. The zero-order valence-corrected chi connectivity index (χ0v) is 37.3. The number of likely N-dealkylation sites (tertiary alicyclic amines) is 1. The number of benzene rings is 2. The number of nitrogens with zero attached hydrogens (tertiary/aromatic N) is 6. The van der Waals surface area contributed by atoms with E-state index >= 15 is 8.78 Å². The van der Waals surface area contributed by atoms with Crippen LogP contribution in [0.1, 0.15) is 98.7 Å². The predicted octanol–water partition coefficient (Wildman–Crippen LogP) is 5.33. The normalized spacial score (nSPS) is 22.0. The number of anilines is 3. The van der Waals surface area contributed by atoms with Crippen LogP contribution in [0.3, 0.4) is 0 Å². The molecule has 2 aromatic carbocycles. The first-order valence-electron chi connectivity index (χ1n) is 22.4. The number of carbonyl (C=O) groups excluding carboxylic acids is 4. The number of nitrogens with one attached hydrogen (secondary N) is 3. The molecule has 344 valence electrons. The lowest BCUT2D eigenvalue weighted by molar-refractivity contribution is -0.137. The van der Waals surface area contributed by atoms with Gasteiger partial charge < -0.3 is 39.4 Å². The van der Waals surface area contributed by atoms with Gasteiger partial charge in [0.15, 0.2) is 18.2 Å². The Kier molecular flexibility index (Phi) is 12.5. The summed E-state index contributed by atoms with van der Waals surface area (Å²) in [6.07, 6.45) is 6.64. The molecule has 65 heavy (non-hydrogen) atoms. The van der Waals surface area contributed by atoms with E-state index in [0.717, 1.165) is 37.1 Å². The van der Waals surface area contributed by atoms with Gasteiger partial charge in [-0.1, -0.05) is 11.6 Å². The number of hydrogen-bond acceptors (Lipinski definition) is 12. The molecule has 4 amide bonds. The Labute approximate surface area is 379 Å². The molecule has 16 nitrogen and oxygen atoms in total. The maximum atomic E-state index is 16.0. The average molecular weight is 916 g/mol. The Hall–Kier alpha value is -5.72. The molecule has 0 bridgehead atoms. The molecule has 5 aliphatic rings. The number of piperidine rings is 3. The second-order valence-electron chi connectivity index (χ2n) is 17.9. The van der Waals surface area contributed by atoms with Crippen molar-refractivity contribution in [2.75, 3.05) is 50.1 Å². The van der Waals surface area contributed by atoms with Crippen LogP contribution in [0, 0.1) is 11.6 Å². The highest BCUT2D eigenvalue weighted by atomic mass is 35.5. The minimum absolute atomic E-state index is 0.0194. The topological polar surface area (TPSA) is 180 Å². The van der Waals surface area contributed by atoms with Crippen LogP contribution in [0.15, 0.2) is 41.3 Å². The number of carbonyl (C=O) groups is 4. The molecule has 6 heterocycles. The van der Waals surface area contributed by atoms with Gasteiger partial charge in [-0.15, -0.1) is 0 Å². The minimum atomic E-state index is -0.896. The lowest BCUT2D eigenvalue weighted by Gasteiger charge is -2.47. The van der Waals surface area contributed by atoms with Crippen molar-refractivity contribution >= 4 is 63.6 Å². The zero-order chi connectivity index (χ0) is 45.7. The Morgan fingerprint density at radius 1 is 0.985 bits per heavy atom. The van der Waals surface area contributed by atoms with Gasteiger partial charge in [0.2, 0.25) is 17.8 Å². The van der Waals surface area contributed by atoms with Gasteiger partial charge in [-0.05, 0) is 108 Å². The van der Waals surface area contributed by atoms with Crippen LogP contribution in [0.5, 0.6) is 5.75 Å². The number of likely N-dealkylation sites (N-methyl/N-ethyl adjacent to an activating group) is 1. The Balaban J connectivity index is 0.754.